The summed E-state index contributed by atoms with van der Waals surface area (Å²) in [6.07, 6.45) is 0. The molecule has 0 aromatic heterocycles. The second-order valence-corrected chi connectivity index (χ2v) is 4.33. The molecular weight excluding hydrogens is 236 g/mol. The molecule has 0 saturated carbocycles. The van der Waals surface area contributed by atoms with Crippen molar-refractivity contribution >= 4 is 27.6 Å². The van der Waals surface area contributed by atoms with Crippen molar-refractivity contribution in [2.75, 3.05) is 7.11 Å². The molecule has 0 saturated heterocycles. The molecule has 3 heteroatoms. The first-order valence-corrected chi connectivity index (χ1v) is 5.77. The number of hydrogen-bond donors (Lipinski definition) is 0. The van der Waals surface area contributed by atoms with E-state index in [1.807, 2.05) is 43.3 Å². The van der Waals surface area contributed by atoms with E-state index in [0.29, 0.717) is 0 Å². The highest BCUT2D eigenvalue weighted by molar-refractivity contribution is 6.64. The predicted molar refractivity (Wildman–Crippen MR) is 69.8 cm³/mol. The standard InChI is InChI=1S/C14H13ClO2/c1-9(14(15)16)12-5-3-4-10-8-11(17-2)6-7-13(10)12/h3-9H,1-2H3/t9-/m0/s1. The van der Waals surface area contributed by atoms with Crippen molar-refractivity contribution in [1.29, 1.82) is 0 Å². The van der Waals surface area contributed by atoms with Crippen molar-refractivity contribution in [3.05, 3.63) is 42.0 Å². The van der Waals surface area contributed by atoms with Crippen LogP contribution in [0.1, 0.15) is 18.4 Å². The van der Waals surface area contributed by atoms with Gasteiger partial charge in [0.15, 0.2) is 0 Å². The molecule has 17 heavy (non-hydrogen) atoms. The van der Waals surface area contributed by atoms with E-state index in [1.54, 1.807) is 7.11 Å². The normalized spacial score (nSPS) is 12.4. The summed E-state index contributed by atoms with van der Waals surface area (Å²) >= 11 is 5.56. The van der Waals surface area contributed by atoms with Gasteiger partial charge >= 0.3 is 0 Å². The molecule has 0 amide bonds. The van der Waals surface area contributed by atoms with Crippen molar-refractivity contribution in [2.45, 2.75) is 12.8 Å². The first kappa shape index (κ1) is 11.9. The van der Waals surface area contributed by atoms with Gasteiger partial charge in [0.05, 0.1) is 13.0 Å². The summed E-state index contributed by atoms with van der Waals surface area (Å²) in [7, 11) is 1.63. The average molecular weight is 249 g/mol. The van der Waals surface area contributed by atoms with Gasteiger partial charge in [0.1, 0.15) is 5.75 Å². The highest BCUT2D eigenvalue weighted by Crippen LogP contribution is 2.29. The zero-order chi connectivity index (χ0) is 12.4. The van der Waals surface area contributed by atoms with Gasteiger partial charge in [-0.15, -0.1) is 0 Å². The van der Waals surface area contributed by atoms with Crippen LogP contribution in [0, 0.1) is 0 Å². The fourth-order valence-corrected chi connectivity index (χ4v) is 2.03. The lowest BCUT2D eigenvalue weighted by molar-refractivity contribution is -0.112. The molecule has 88 valence electrons. The summed E-state index contributed by atoms with van der Waals surface area (Å²) in [4.78, 5) is 11.3. The van der Waals surface area contributed by atoms with Crippen molar-refractivity contribution in [2.24, 2.45) is 0 Å². The highest BCUT2D eigenvalue weighted by Gasteiger charge is 2.15. The lowest BCUT2D eigenvalue weighted by atomic mass is 9.95. The van der Waals surface area contributed by atoms with Gasteiger partial charge in [-0.2, -0.15) is 0 Å². The van der Waals surface area contributed by atoms with Crippen LogP contribution < -0.4 is 4.74 Å². The second-order valence-electron chi connectivity index (χ2n) is 3.96. The van der Waals surface area contributed by atoms with Crippen LogP contribution in [0.3, 0.4) is 0 Å². The van der Waals surface area contributed by atoms with Crippen LogP contribution in [0.4, 0.5) is 0 Å². The Balaban J connectivity index is 2.62. The van der Waals surface area contributed by atoms with Gasteiger partial charge in [-0.05, 0) is 40.1 Å². The summed E-state index contributed by atoms with van der Waals surface area (Å²) in [5, 5.41) is 1.75. The topological polar surface area (TPSA) is 26.3 Å². The first-order chi connectivity index (χ1) is 8.13. The van der Waals surface area contributed by atoms with Crippen LogP contribution in [0.2, 0.25) is 0 Å². The minimum atomic E-state index is -0.340. The number of carbonyl (C=O) groups is 1. The van der Waals surface area contributed by atoms with Crippen LogP contribution in [0.25, 0.3) is 10.8 Å². The largest absolute Gasteiger partial charge is 0.497 e. The van der Waals surface area contributed by atoms with Crippen molar-refractivity contribution in [3.63, 3.8) is 0 Å². The third-order valence-electron chi connectivity index (χ3n) is 2.93. The molecule has 0 aliphatic carbocycles. The van der Waals surface area contributed by atoms with E-state index in [4.69, 9.17) is 16.3 Å². The Morgan fingerprint density at radius 2 is 2.06 bits per heavy atom. The van der Waals surface area contributed by atoms with Gasteiger partial charge in [0.2, 0.25) is 5.24 Å². The zero-order valence-electron chi connectivity index (χ0n) is 9.74. The number of carbonyl (C=O) groups excluding carboxylic acids is 1. The minimum absolute atomic E-state index is 0.297. The SMILES string of the molecule is COc1ccc2c([C@H](C)C(=O)Cl)cccc2c1. The van der Waals surface area contributed by atoms with E-state index in [-0.39, 0.29) is 11.2 Å². The number of fused-ring (bicyclic) bond motifs is 1. The lowest BCUT2D eigenvalue weighted by Crippen LogP contribution is -2.02. The van der Waals surface area contributed by atoms with E-state index in [2.05, 4.69) is 0 Å². The first-order valence-electron chi connectivity index (χ1n) is 5.39. The number of methoxy groups -OCH3 is 1. The van der Waals surface area contributed by atoms with Gasteiger partial charge in [-0.3, -0.25) is 4.79 Å². The predicted octanol–water partition coefficient (Wildman–Crippen LogP) is 3.72. The van der Waals surface area contributed by atoms with E-state index in [9.17, 15) is 4.79 Å². The molecule has 0 heterocycles. The molecule has 0 spiro atoms. The van der Waals surface area contributed by atoms with E-state index >= 15 is 0 Å². The molecule has 2 nitrogen and oxygen atoms in total. The zero-order valence-corrected chi connectivity index (χ0v) is 10.5. The number of halogens is 1. The quantitative estimate of drug-likeness (QED) is 0.774. The van der Waals surface area contributed by atoms with Crippen molar-refractivity contribution in [1.82, 2.24) is 0 Å². The summed E-state index contributed by atoms with van der Waals surface area (Å²) in [5.74, 6) is 0.508. The number of ether oxygens (including phenoxy) is 1. The van der Waals surface area contributed by atoms with Crippen LogP contribution >= 0.6 is 11.6 Å². The Morgan fingerprint density at radius 3 is 2.71 bits per heavy atom. The Bertz CT molecular complexity index is 563. The number of benzene rings is 2. The molecule has 2 aromatic rings. The minimum Gasteiger partial charge on any atom is -0.497 e. The summed E-state index contributed by atoms with van der Waals surface area (Å²) in [5.41, 5.74) is 0.949. The smallest absolute Gasteiger partial charge is 0.228 e. The van der Waals surface area contributed by atoms with Gasteiger partial charge in [0.25, 0.3) is 0 Å². The van der Waals surface area contributed by atoms with Crippen molar-refractivity contribution in [3.8, 4) is 5.75 Å². The fraction of sp³-hybridized carbons (Fsp3) is 0.214. The fourth-order valence-electron chi connectivity index (χ4n) is 1.91. The number of hydrogen-bond acceptors (Lipinski definition) is 2. The maximum absolute atomic E-state index is 11.3. The van der Waals surface area contributed by atoms with Crippen LogP contribution in [-0.4, -0.2) is 12.4 Å². The Labute approximate surface area is 105 Å². The van der Waals surface area contributed by atoms with Gasteiger partial charge < -0.3 is 4.74 Å². The van der Waals surface area contributed by atoms with Gasteiger partial charge in [0, 0.05) is 0 Å². The molecule has 0 fully saturated rings. The van der Waals surface area contributed by atoms with Crippen LogP contribution in [0.15, 0.2) is 36.4 Å². The van der Waals surface area contributed by atoms with Crippen LogP contribution in [0.5, 0.6) is 5.75 Å². The Hall–Kier alpha value is -1.54. The Kier molecular flexibility index (Phi) is 3.34. The second kappa shape index (κ2) is 4.76. The molecule has 0 bridgehead atoms. The highest BCUT2D eigenvalue weighted by atomic mass is 35.5. The summed E-state index contributed by atoms with van der Waals surface area (Å²) in [6, 6.07) is 11.6. The molecule has 0 radical (unpaired) electrons. The summed E-state index contributed by atoms with van der Waals surface area (Å²) in [6.45, 7) is 1.81. The third-order valence-corrected chi connectivity index (χ3v) is 3.26. The lowest BCUT2D eigenvalue weighted by Gasteiger charge is -2.11. The van der Waals surface area contributed by atoms with Crippen LogP contribution in [-0.2, 0) is 4.79 Å². The molecule has 2 rings (SSSR count). The number of rotatable bonds is 3. The van der Waals surface area contributed by atoms with E-state index in [0.717, 1.165) is 22.1 Å². The van der Waals surface area contributed by atoms with Gasteiger partial charge in [-0.1, -0.05) is 31.2 Å². The molecular formula is C14H13ClO2. The van der Waals surface area contributed by atoms with E-state index < -0.39 is 0 Å². The Morgan fingerprint density at radius 1 is 1.29 bits per heavy atom. The molecule has 0 unspecified atom stereocenters. The molecule has 1 atom stereocenters. The van der Waals surface area contributed by atoms with Crippen molar-refractivity contribution < 1.29 is 9.53 Å². The molecule has 0 aliphatic heterocycles. The molecule has 0 aliphatic rings. The molecule has 2 aromatic carbocycles. The van der Waals surface area contributed by atoms with Gasteiger partial charge in [-0.25, -0.2) is 0 Å². The molecule has 0 N–H and O–H groups in total. The van der Waals surface area contributed by atoms with E-state index in [1.165, 1.54) is 0 Å². The average Bonchev–Trinajstić information content (AvgIpc) is 2.36. The maximum atomic E-state index is 11.3. The monoisotopic (exact) mass is 248 g/mol. The third kappa shape index (κ3) is 2.27. The maximum Gasteiger partial charge on any atom is 0.228 e. The summed E-state index contributed by atoms with van der Waals surface area (Å²) < 4.78 is 5.18.